The van der Waals surface area contributed by atoms with E-state index in [2.05, 4.69) is 9.88 Å². The van der Waals surface area contributed by atoms with Gasteiger partial charge in [0.2, 0.25) is 0 Å². The van der Waals surface area contributed by atoms with Crippen molar-refractivity contribution >= 4 is 23.0 Å². The van der Waals surface area contributed by atoms with E-state index >= 15 is 0 Å². The molecule has 5 heteroatoms. The maximum Gasteiger partial charge on any atom is 0.139 e. The van der Waals surface area contributed by atoms with Crippen molar-refractivity contribution in [3.8, 4) is 0 Å². The third-order valence-corrected chi connectivity index (χ3v) is 3.64. The number of aryl methyl sites for hydroxylation is 1. The van der Waals surface area contributed by atoms with E-state index in [0.717, 1.165) is 49.6 Å². The molecule has 1 aliphatic rings. The van der Waals surface area contributed by atoms with E-state index in [-0.39, 0.29) is 0 Å². The van der Waals surface area contributed by atoms with E-state index in [1.54, 1.807) is 0 Å². The summed E-state index contributed by atoms with van der Waals surface area (Å²) < 4.78 is 5.67. The summed E-state index contributed by atoms with van der Waals surface area (Å²) in [5.74, 6) is 0.919. The fourth-order valence-corrected chi connectivity index (χ4v) is 2.61. The molecule has 0 bridgehead atoms. The van der Waals surface area contributed by atoms with Gasteiger partial charge in [0.1, 0.15) is 10.8 Å². The lowest BCUT2D eigenvalue weighted by atomic mass is 10.1. The molecule has 0 aromatic carbocycles. The number of ether oxygens (including phenoxy) is 1. The summed E-state index contributed by atoms with van der Waals surface area (Å²) in [6.07, 6.45) is 2.43. The second kappa shape index (κ2) is 6.30. The molecular formula is C14H21N3OS. The van der Waals surface area contributed by atoms with Crippen LogP contribution in [0.5, 0.6) is 0 Å². The maximum atomic E-state index is 5.79. The predicted octanol–water partition coefficient (Wildman–Crippen LogP) is 2.03. The molecule has 1 fully saturated rings. The van der Waals surface area contributed by atoms with E-state index in [4.69, 9.17) is 22.7 Å². The highest BCUT2D eigenvalue weighted by Gasteiger charge is 2.22. The summed E-state index contributed by atoms with van der Waals surface area (Å²) in [6, 6.07) is 3.92. The predicted molar refractivity (Wildman–Crippen MR) is 81.7 cm³/mol. The van der Waals surface area contributed by atoms with Gasteiger partial charge < -0.3 is 15.4 Å². The third kappa shape index (κ3) is 3.42. The number of nitrogens with two attached hydrogens (primary N) is 1. The fourth-order valence-electron chi connectivity index (χ4n) is 2.45. The molecule has 104 valence electrons. The van der Waals surface area contributed by atoms with Gasteiger partial charge in [0.25, 0.3) is 0 Å². The van der Waals surface area contributed by atoms with Crippen LogP contribution in [0.15, 0.2) is 12.1 Å². The highest BCUT2D eigenvalue weighted by molar-refractivity contribution is 7.80. The van der Waals surface area contributed by atoms with Crippen LogP contribution >= 0.6 is 12.2 Å². The van der Waals surface area contributed by atoms with Crippen molar-refractivity contribution in [1.82, 2.24) is 4.98 Å². The lowest BCUT2D eigenvalue weighted by Crippen LogP contribution is -2.38. The van der Waals surface area contributed by atoms with Gasteiger partial charge in [0.15, 0.2) is 0 Å². The Bertz CT molecular complexity index is 456. The van der Waals surface area contributed by atoms with Crippen molar-refractivity contribution < 1.29 is 4.74 Å². The first-order valence-electron chi connectivity index (χ1n) is 6.75. The van der Waals surface area contributed by atoms with Gasteiger partial charge in [-0.15, -0.1) is 0 Å². The number of piperidine rings is 1. The summed E-state index contributed by atoms with van der Waals surface area (Å²) >= 11 is 5.11. The Morgan fingerprint density at radius 1 is 1.47 bits per heavy atom. The van der Waals surface area contributed by atoms with Crippen molar-refractivity contribution in [1.29, 1.82) is 0 Å². The van der Waals surface area contributed by atoms with Crippen LogP contribution in [0.2, 0.25) is 0 Å². The molecular weight excluding hydrogens is 258 g/mol. The number of rotatable bonds is 4. The van der Waals surface area contributed by atoms with Crippen LogP contribution in [0.4, 0.5) is 5.82 Å². The highest BCUT2D eigenvalue weighted by atomic mass is 32.1. The Morgan fingerprint density at radius 3 is 2.74 bits per heavy atom. The van der Waals surface area contributed by atoms with Crippen LogP contribution in [0.3, 0.4) is 0 Å². The minimum atomic E-state index is 0.374. The zero-order chi connectivity index (χ0) is 13.8. The van der Waals surface area contributed by atoms with Gasteiger partial charge in [-0.05, 0) is 38.8 Å². The van der Waals surface area contributed by atoms with Gasteiger partial charge >= 0.3 is 0 Å². The second-order valence-electron chi connectivity index (χ2n) is 4.83. The maximum absolute atomic E-state index is 5.79. The number of thiocarbonyl (C=S) groups is 1. The molecule has 0 unspecified atom stereocenters. The summed E-state index contributed by atoms with van der Waals surface area (Å²) in [6.45, 7) is 6.69. The smallest absolute Gasteiger partial charge is 0.139 e. The molecule has 0 aliphatic carbocycles. The third-order valence-electron chi connectivity index (χ3n) is 3.42. The van der Waals surface area contributed by atoms with E-state index < -0.39 is 0 Å². The Morgan fingerprint density at radius 2 is 2.16 bits per heavy atom. The van der Waals surface area contributed by atoms with Gasteiger partial charge in [-0.25, -0.2) is 4.98 Å². The molecule has 4 nitrogen and oxygen atoms in total. The van der Waals surface area contributed by atoms with Crippen molar-refractivity contribution in [2.75, 3.05) is 24.6 Å². The molecule has 0 radical (unpaired) electrons. The molecule has 1 aromatic rings. The van der Waals surface area contributed by atoms with E-state index in [1.165, 1.54) is 0 Å². The van der Waals surface area contributed by atoms with E-state index in [9.17, 15) is 0 Å². The van der Waals surface area contributed by atoms with Crippen molar-refractivity contribution in [2.24, 2.45) is 5.73 Å². The van der Waals surface area contributed by atoms with Crippen LogP contribution in [-0.4, -0.2) is 35.8 Å². The zero-order valence-corrected chi connectivity index (χ0v) is 12.4. The number of hydrogen-bond acceptors (Lipinski definition) is 4. The average Bonchev–Trinajstić information content (AvgIpc) is 2.39. The summed E-state index contributed by atoms with van der Waals surface area (Å²) in [5, 5.41) is 0. The van der Waals surface area contributed by atoms with Gasteiger partial charge in [0.05, 0.1) is 11.7 Å². The lowest BCUT2D eigenvalue weighted by molar-refractivity contribution is 0.0458. The van der Waals surface area contributed by atoms with Gasteiger partial charge in [-0.1, -0.05) is 12.2 Å². The normalized spacial score (nSPS) is 16.6. The fraction of sp³-hybridized carbons (Fsp3) is 0.571. The second-order valence-corrected chi connectivity index (χ2v) is 5.27. The monoisotopic (exact) mass is 279 g/mol. The van der Waals surface area contributed by atoms with Crippen LogP contribution in [0.1, 0.15) is 31.0 Å². The van der Waals surface area contributed by atoms with E-state index in [0.29, 0.717) is 11.1 Å². The van der Waals surface area contributed by atoms with Crippen molar-refractivity contribution in [3.63, 3.8) is 0 Å². The Kier molecular flexibility index (Phi) is 4.71. The molecule has 2 N–H and O–H groups in total. The largest absolute Gasteiger partial charge is 0.389 e. The number of pyridine rings is 1. The molecule has 1 aromatic heterocycles. The standard InChI is InChI=1S/C14H21N3OS/c1-3-18-11-6-8-17(9-7-11)14-12(13(15)19)5-4-10(2)16-14/h4-5,11H,3,6-9H2,1-2H3,(H2,15,19). The Balaban J connectivity index is 2.14. The first kappa shape index (κ1) is 14.2. The van der Waals surface area contributed by atoms with Crippen LogP contribution < -0.4 is 10.6 Å². The summed E-state index contributed by atoms with van der Waals surface area (Å²) in [4.78, 5) is 7.28. The van der Waals surface area contributed by atoms with Crippen molar-refractivity contribution in [3.05, 3.63) is 23.4 Å². The van der Waals surface area contributed by atoms with Gasteiger partial charge in [0, 0.05) is 25.4 Å². The topological polar surface area (TPSA) is 51.4 Å². The quantitative estimate of drug-likeness (QED) is 0.855. The Labute approximate surface area is 120 Å². The zero-order valence-electron chi connectivity index (χ0n) is 11.6. The minimum absolute atomic E-state index is 0.374. The average molecular weight is 279 g/mol. The number of aromatic nitrogens is 1. The molecule has 0 saturated carbocycles. The first-order chi connectivity index (χ1) is 9.11. The molecule has 0 spiro atoms. The highest BCUT2D eigenvalue weighted by Crippen LogP contribution is 2.23. The SMILES string of the molecule is CCOC1CCN(c2nc(C)ccc2C(N)=S)CC1. The minimum Gasteiger partial charge on any atom is -0.389 e. The number of anilines is 1. The molecule has 1 aliphatic heterocycles. The first-order valence-corrected chi connectivity index (χ1v) is 7.16. The van der Waals surface area contributed by atoms with E-state index in [1.807, 2.05) is 26.0 Å². The molecule has 1 saturated heterocycles. The number of hydrogen-bond donors (Lipinski definition) is 1. The molecule has 0 amide bonds. The lowest BCUT2D eigenvalue weighted by Gasteiger charge is -2.33. The van der Waals surface area contributed by atoms with Gasteiger partial charge in [-0.3, -0.25) is 0 Å². The van der Waals surface area contributed by atoms with Crippen molar-refractivity contribution in [2.45, 2.75) is 32.8 Å². The van der Waals surface area contributed by atoms with Gasteiger partial charge in [-0.2, -0.15) is 0 Å². The summed E-state index contributed by atoms with van der Waals surface area (Å²) in [5.41, 5.74) is 7.65. The van der Waals surface area contributed by atoms with Crippen LogP contribution in [0, 0.1) is 6.92 Å². The molecule has 2 rings (SSSR count). The Hall–Kier alpha value is -1.20. The van der Waals surface area contributed by atoms with Crippen LogP contribution in [0.25, 0.3) is 0 Å². The summed E-state index contributed by atoms with van der Waals surface area (Å²) in [7, 11) is 0. The number of nitrogens with zero attached hydrogens (tertiary/aromatic N) is 2. The molecule has 2 heterocycles. The molecule has 19 heavy (non-hydrogen) atoms. The van der Waals surface area contributed by atoms with Crippen LogP contribution in [-0.2, 0) is 4.74 Å². The molecule has 0 atom stereocenters.